The molecule has 4 heterocycles. The Balaban J connectivity index is 1.40. The number of hydrogen-bond acceptors (Lipinski definition) is 6. The third-order valence-corrected chi connectivity index (χ3v) is 6.88. The van der Waals surface area contributed by atoms with Gasteiger partial charge in [-0.15, -0.1) is 0 Å². The number of fused-ring (bicyclic) bond motifs is 2. The molecule has 0 aromatic carbocycles. The topological polar surface area (TPSA) is 68.6 Å². The van der Waals surface area contributed by atoms with Gasteiger partial charge in [-0.25, -0.2) is 0 Å². The van der Waals surface area contributed by atoms with Crippen LogP contribution < -0.4 is 15.8 Å². The summed E-state index contributed by atoms with van der Waals surface area (Å²) in [5.74, 6) is 1.71. The van der Waals surface area contributed by atoms with Crippen molar-refractivity contribution in [3.8, 4) is 0 Å². The number of alkyl halides is 3. The number of halogens is 3. The van der Waals surface area contributed by atoms with Crippen molar-refractivity contribution in [2.24, 2.45) is 17.8 Å². The van der Waals surface area contributed by atoms with Crippen LogP contribution in [0.25, 0.3) is 0 Å². The molecule has 5 rings (SSSR count). The second-order valence-electron chi connectivity index (χ2n) is 8.90. The van der Waals surface area contributed by atoms with Crippen LogP contribution in [-0.2, 0) is 16.0 Å². The Hall–Kier alpha value is -1.81. The summed E-state index contributed by atoms with van der Waals surface area (Å²) < 4.78 is 53.9. The molecular weight excluding hydrogens is 401 g/mol. The van der Waals surface area contributed by atoms with Gasteiger partial charge in [0.05, 0.1) is 12.7 Å². The molecule has 3 aliphatic heterocycles. The Labute approximate surface area is 172 Å². The molecule has 3 fully saturated rings. The molecule has 30 heavy (non-hydrogen) atoms. The fraction of sp³-hybridized carbons (Fsp3) is 0.800. The minimum absolute atomic E-state index is 0.0192. The summed E-state index contributed by atoms with van der Waals surface area (Å²) in [7, 11) is 0. The Morgan fingerprint density at radius 1 is 1.23 bits per heavy atom. The summed E-state index contributed by atoms with van der Waals surface area (Å²) in [6.07, 6.45) is -1.85. The normalized spacial score (nSPS) is 31.4. The van der Waals surface area contributed by atoms with Crippen molar-refractivity contribution in [3.63, 3.8) is 0 Å². The molecule has 0 amide bonds. The predicted molar refractivity (Wildman–Crippen MR) is 104 cm³/mol. The summed E-state index contributed by atoms with van der Waals surface area (Å²) in [4.78, 5) is 18.4. The van der Waals surface area contributed by atoms with Crippen molar-refractivity contribution in [1.82, 2.24) is 9.55 Å². The summed E-state index contributed by atoms with van der Waals surface area (Å²) in [5, 5.41) is 3.14. The first-order valence-electron chi connectivity index (χ1n) is 10.8. The Bertz CT molecular complexity index is 840. The van der Waals surface area contributed by atoms with E-state index in [9.17, 15) is 18.0 Å². The van der Waals surface area contributed by atoms with Crippen molar-refractivity contribution in [2.45, 2.75) is 50.6 Å². The fourth-order valence-corrected chi connectivity index (χ4v) is 5.02. The molecular formula is C20H27F3N4O3. The average Bonchev–Trinajstić information content (AvgIpc) is 3.38. The maximum Gasteiger partial charge on any atom is 0.408 e. The highest BCUT2D eigenvalue weighted by molar-refractivity contribution is 5.45. The average molecular weight is 428 g/mol. The quantitative estimate of drug-likeness (QED) is 0.776. The van der Waals surface area contributed by atoms with Gasteiger partial charge in [0.25, 0.3) is 5.56 Å². The minimum atomic E-state index is -4.38. The standard InChI is InChI=1S/C20H27F3N4O3/c21-20(22,23)16-1-4-26-18(28)8-17(24-9-15-14-7-13(14)11-30-15)25-19(26)27(16)10-12-2-5-29-6-3-12/h8,12-16,24H,1-7,9-11H2/t13?,14?,15-,16+/m1/s1. The van der Waals surface area contributed by atoms with Crippen LogP contribution in [0.15, 0.2) is 10.9 Å². The van der Waals surface area contributed by atoms with Crippen LogP contribution in [0.1, 0.15) is 25.7 Å². The van der Waals surface area contributed by atoms with Crippen LogP contribution in [0.5, 0.6) is 0 Å². The lowest BCUT2D eigenvalue weighted by Gasteiger charge is -2.41. The number of rotatable bonds is 5. The molecule has 1 aromatic rings. The maximum atomic E-state index is 13.8. The summed E-state index contributed by atoms with van der Waals surface area (Å²) in [5.41, 5.74) is -0.322. The molecule has 4 atom stereocenters. The van der Waals surface area contributed by atoms with E-state index >= 15 is 0 Å². The van der Waals surface area contributed by atoms with Gasteiger partial charge in [-0.1, -0.05) is 0 Å². The smallest absolute Gasteiger partial charge is 0.381 e. The molecule has 7 nitrogen and oxygen atoms in total. The van der Waals surface area contributed by atoms with E-state index in [0.717, 1.165) is 6.61 Å². The molecule has 10 heteroatoms. The fourth-order valence-electron chi connectivity index (χ4n) is 5.02. The molecule has 1 N–H and O–H groups in total. The van der Waals surface area contributed by atoms with E-state index in [-0.39, 0.29) is 43.0 Å². The van der Waals surface area contributed by atoms with Crippen LogP contribution in [-0.4, -0.2) is 60.8 Å². The minimum Gasteiger partial charge on any atom is -0.381 e. The maximum absolute atomic E-state index is 13.8. The molecule has 166 valence electrons. The van der Waals surface area contributed by atoms with Gasteiger partial charge in [0.2, 0.25) is 5.95 Å². The highest BCUT2D eigenvalue weighted by Crippen LogP contribution is 2.48. The van der Waals surface area contributed by atoms with Crippen molar-refractivity contribution in [3.05, 3.63) is 16.4 Å². The second-order valence-corrected chi connectivity index (χ2v) is 8.90. The number of anilines is 2. The molecule has 1 saturated carbocycles. The lowest BCUT2D eigenvalue weighted by molar-refractivity contribution is -0.153. The van der Waals surface area contributed by atoms with Gasteiger partial charge in [0.15, 0.2) is 0 Å². The van der Waals surface area contributed by atoms with E-state index in [2.05, 4.69) is 10.3 Å². The van der Waals surface area contributed by atoms with E-state index in [1.807, 2.05) is 0 Å². The van der Waals surface area contributed by atoms with Crippen molar-refractivity contribution < 1.29 is 22.6 Å². The number of nitrogens with zero attached hydrogens (tertiary/aromatic N) is 3. The van der Waals surface area contributed by atoms with Crippen LogP contribution >= 0.6 is 0 Å². The van der Waals surface area contributed by atoms with Gasteiger partial charge in [0.1, 0.15) is 11.9 Å². The molecule has 0 spiro atoms. The number of aromatic nitrogens is 2. The van der Waals surface area contributed by atoms with E-state index in [4.69, 9.17) is 9.47 Å². The van der Waals surface area contributed by atoms with Gasteiger partial charge in [0, 0.05) is 38.9 Å². The SMILES string of the molecule is O=c1cc(NC[C@H]2OCC3CC32)nc2n1CC[C@@H](C(F)(F)F)N2CC1CCOCC1. The summed E-state index contributed by atoms with van der Waals surface area (Å²) >= 11 is 0. The Kier molecular flexibility index (Phi) is 5.17. The van der Waals surface area contributed by atoms with E-state index in [0.29, 0.717) is 50.3 Å². The zero-order valence-electron chi connectivity index (χ0n) is 16.7. The first kappa shape index (κ1) is 20.1. The first-order chi connectivity index (χ1) is 14.4. The van der Waals surface area contributed by atoms with Crippen molar-refractivity contribution in [2.75, 3.05) is 43.1 Å². The lowest BCUT2D eigenvalue weighted by Crippen LogP contribution is -2.54. The van der Waals surface area contributed by atoms with E-state index < -0.39 is 12.2 Å². The largest absolute Gasteiger partial charge is 0.408 e. The van der Waals surface area contributed by atoms with Gasteiger partial charge in [-0.2, -0.15) is 18.2 Å². The zero-order valence-corrected chi connectivity index (χ0v) is 16.7. The van der Waals surface area contributed by atoms with Crippen LogP contribution in [0, 0.1) is 17.8 Å². The number of nitrogens with one attached hydrogen (secondary N) is 1. The molecule has 0 bridgehead atoms. The molecule has 0 radical (unpaired) electrons. The Morgan fingerprint density at radius 2 is 2.03 bits per heavy atom. The second kappa shape index (κ2) is 7.71. The highest BCUT2D eigenvalue weighted by Gasteiger charge is 2.49. The molecule has 1 aromatic heterocycles. The van der Waals surface area contributed by atoms with E-state index in [1.165, 1.54) is 22.0 Å². The molecule has 2 unspecified atom stereocenters. The monoisotopic (exact) mass is 428 g/mol. The number of ether oxygens (including phenoxy) is 2. The Morgan fingerprint density at radius 3 is 2.70 bits per heavy atom. The van der Waals surface area contributed by atoms with Gasteiger partial charge < -0.3 is 19.7 Å². The zero-order chi connectivity index (χ0) is 20.9. The lowest BCUT2D eigenvalue weighted by atomic mass is 9.98. The molecule has 1 aliphatic carbocycles. The van der Waals surface area contributed by atoms with Crippen molar-refractivity contribution >= 4 is 11.8 Å². The van der Waals surface area contributed by atoms with Crippen LogP contribution in [0.4, 0.5) is 24.9 Å². The van der Waals surface area contributed by atoms with Gasteiger partial charge in [-0.3, -0.25) is 9.36 Å². The molecule has 2 saturated heterocycles. The first-order valence-corrected chi connectivity index (χ1v) is 10.8. The summed E-state index contributed by atoms with van der Waals surface area (Å²) in [6.45, 7) is 2.63. The molecule has 4 aliphatic rings. The van der Waals surface area contributed by atoms with E-state index in [1.54, 1.807) is 0 Å². The predicted octanol–water partition coefficient (Wildman–Crippen LogP) is 2.26. The number of hydrogen-bond donors (Lipinski definition) is 1. The van der Waals surface area contributed by atoms with Gasteiger partial charge in [-0.05, 0) is 43.4 Å². The third-order valence-electron chi connectivity index (χ3n) is 6.88. The van der Waals surface area contributed by atoms with Crippen LogP contribution in [0.3, 0.4) is 0 Å². The van der Waals surface area contributed by atoms with Crippen molar-refractivity contribution in [1.29, 1.82) is 0 Å². The summed E-state index contributed by atoms with van der Waals surface area (Å²) in [6, 6.07) is -0.253. The van der Waals surface area contributed by atoms with Crippen LogP contribution in [0.2, 0.25) is 0 Å². The van der Waals surface area contributed by atoms with Gasteiger partial charge >= 0.3 is 6.18 Å². The third kappa shape index (κ3) is 3.91. The highest BCUT2D eigenvalue weighted by atomic mass is 19.4.